The maximum Gasteiger partial charge on any atom is 0.374 e. The number of carboxylic acid groups (broad SMARTS) is 1. The molecule has 0 amide bonds. The third kappa shape index (κ3) is 2.06. The SMILES string of the molecule is O=C(O)c1cc(-c2ccc(C3CC3)c(Br)c2)no1. The van der Waals surface area contributed by atoms with E-state index in [1.807, 2.05) is 12.1 Å². The average Bonchev–Trinajstić information content (AvgIpc) is 3.05. The van der Waals surface area contributed by atoms with Crippen molar-refractivity contribution in [3.8, 4) is 11.3 Å². The summed E-state index contributed by atoms with van der Waals surface area (Å²) >= 11 is 3.55. The van der Waals surface area contributed by atoms with Crippen molar-refractivity contribution in [3.05, 3.63) is 40.1 Å². The van der Waals surface area contributed by atoms with Gasteiger partial charge in [-0.25, -0.2) is 4.79 Å². The van der Waals surface area contributed by atoms with Crippen molar-refractivity contribution in [1.29, 1.82) is 0 Å². The van der Waals surface area contributed by atoms with Crippen molar-refractivity contribution in [2.45, 2.75) is 18.8 Å². The van der Waals surface area contributed by atoms with Gasteiger partial charge < -0.3 is 9.63 Å². The smallest absolute Gasteiger partial charge is 0.374 e. The molecule has 1 fully saturated rings. The van der Waals surface area contributed by atoms with E-state index in [-0.39, 0.29) is 5.76 Å². The van der Waals surface area contributed by atoms with Gasteiger partial charge in [-0.05, 0) is 30.4 Å². The molecular formula is C13H10BrNO3. The van der Waals surface area contributed by atoms with E-state index in [9.17, 15) is 4.79 Å². The van der Waals surface area contributed by atoms with E-state index in [0.717, 1.165) is 10.0 Å². The van der Waals surface area contributed by atoms with Gasteiger partial charge in [-0.2, -0.15) is 0 Å². The number of rotatable bonds is 3. The minimum atomic E-state index is -1.11. The molecular weight excluding hydrogens is 298 g/mol. The molecule has 2 aromatic rings. The summed E-state index contributed by atoms with van der Waals surface area (Å²) in [6, 6.07) is 7.39. The molecule has 0 spiro atoms. The molecule has 18 heavy (non-hydrogen) atoms. The van der Waals surface area contributed by atoms with Gasteiger partial charge in [0.1, 0.15) is 5.69 Å². The largest absolute Gasteiger partial charge is 0.475 e. The maximum absolute atomic E-state index is 10.7. The standard InChI is InChI=1S/C13H10BrNO3/c14-10-5-8(3-4-9(10)7-1-2-7)11-6-12(13(16)17)18-15-11/h3-7H,1-2H2,(H,16,17). The Morgan fingerprint density at radius 2 is 2.17 bits per heavy atom. The van der Waals surface area contributed by atoms with E-state index in [2.05, 4.69) is 27.2 Å². The Bertz CT molecular complexity index is 616. The molecule has 1 aliphatic rings. The van der Waals surface area contributed by atoms with Crippen LogP contribution in [0.25, 0.3) is 11.3 Å². The predicted molar refractivity (Wildman–Crippen MR) is 68.6 cm³/mol. The summed E-state index contributed by atoms with van der Waals surface area (Å²) in [5, 5.41) is 12.5. The molecule has 0 unspecified atom stereocenters. The fourth-order valence-electron chi connectivity index (χ4n) is 1.92. The van der Waals surface area contributed by atoms with E-state index >= 15 is 0 Å². The molecule has 1 aliphatic carbocycles. The molecule has 4 nitrogen and oxygen atoms in total. The molecule has 1 aromatic heterocycles. The molecule has 0 bridgehead atoms. The highest BCUT2D eigenvalue weighted by atomic mass is 79.9. The molecule has 1 aromatic carbocycles. The van der Waals surface area contributed by atoms with Crippen LogP contribution >= 0.6 is 15.9 Å². The highest BCUT2D eigenvalue weighted by molar-refractivity contribution is 9.10. The van der Waals surface area contributed by atoms with Crippen LogP contribution in [0.4, 0.5) is 0 Å². The van der Waals surface area contributed by atoms with E-state index in [4.69, 9.17) is 9.63 Å². The summed E-state index contributed by atoms with van der Waals surface area (Å²) in [7, 11) is 0. The van der Waals surface area contributed by atoms with Gasteiger partial charge in [0, 0.05) is 16.1 Å². The summed E-state index contributed by atoms with van der Waals surface area (Å²) < 4.78 is 5.79. The van der Waals surface area contributed by atoms with E-state index in [1.54, 1.807) is 0 Å². The number of carbonyl (C=O) groups is 1. The lowest BCUT2D eigenvalue weighted by atomic mass is 10.1. The topological polar surface area (TPSA) is 63.3 Å². The van der Waals surface area contributed by atoms with Crippen LogP contribution in [0.3, 0.4) is 0 Å². The quantitative estimate of drug-likeness (QED) is 0.939. The highest BCUT2D eigenvalue weighted by Gasteiger charge is 2.25. The number of carboxylic acids is 1. The molecule has 1 N–H and O–H groups in total. The van der Waals surface area contributed by atoms with Crippen LogP contribution in [0.15, 0.2) is 33.3 Å². The van der Waals surface area contributed by atoms with Crippen LogP contribution in [0.1, 0.15) is 34.9 Å². The number of nitrogens with zero attached hydrogens (tertiary/aromatic N) is 1. The number of hydrogen-bond acceptors (Lipinski definition) is 3. The van der Waals surface area contributed by atoms with Crippen molar-refractivity contribution >= 4 is 21.9 Å². The lowest BCUT2D eigenvalue weighted by Gasteiger charge is -2.03. The minimum absolute atomic E-state index is 0.146. The van der Waals surface area contributed by atoms with Crippen LogP contribution in [0.5, 0.6) is 0 Å². The summed E-state index contributed by atoms with van der Waals surface area (Å²) in [4.78, 5) is 10.7. The fraction of sp³-hybridized carbons (Fsp3) is 0.231. The predicted octanol–water partition coefficient (Wildman–Crippen LogP) is 3.68. The van der Waals surface area contributed by atoms with Gasteiger partial charge in [0.05, 0.1) is 0 Å². The molecule has 0 radical (unpaired) electrons. The molecule has 3 rings (SSSR count). The lowest BCUT2D eigenvalue weighted by Crippen LogP contribution is -1.91. The second-order valence-electron chi connectivity index (χ2n) is 4.39. The third-order valence-corrected chi connectivity index (χ3v) is 3.72. The molecule has 92 valence electrons. The lowest BCUT2D eigenvalue weighted by molar-refractivity contribution is 0.0652. The second-order valence-corrected chi connectivity index (χ2v) is 5.25. The van der Waals surface area contributed by atoms with Crippen molar-refractivity contribution < 1.29 is 14.4 Å². The minimum Gasteiger partial charge on any atom is -0.475 e. The van der Waals surface area contributed by atoms with Crippen LogP contribution in [-0.4, -0.2) is 16.2 Å². The first-order chi connectivity index (χ1) is 8.65. The Kier molecular flexibility index (Phi) is 2.70. The van der Waals surface area contributed by atoms with Gasteiger partial charge in [0.15, 0.2) is 0 Å². The number of aromatic carboxylic acids is 1. The Labute approximate surface area is 112 Å². The van der Waals surface area contributed by atoms with Crippen LogP contribution < -0.4 is 0 Å². The Hall–Kier alpha value is -1.62. The first-order valence-corrected chi connectivity index (χ1v) is 6.44. The second kappa shape index (κ2) is 4.24. The number of aromatic nitrogens is 1. The Morgan fingerprint density at radius 1 is 1.39 bits per heavy atom. The van der Waals surface area contributed by atoms with Gasteiger partial charge in [-0.1, -0.05) is 33.2 Å². The van der Waals surface area contributed by atoms with Crippen molar-refractivity contribution in [3.63, 3.8) is 0 Å². The van der Waals surface area contributed by atoms with Crippen LogP contribution in [-0.2, 0) is 0 Å². The summed E-state index contributed by atoms with van der Waals surface area (Å²) in [6.45, 7) is 0. The van der Waals surface area contributed by atoms with Gasteiger partial charge >= 0.3 is 5.97 Å². The molecule has 1 heterocycles. The van der Waals surface area contributed by atoms with E-state index in [0.29, 0.717) is 11.6 Å². The molecule has 5 heteroatoms. The van der Waals surface area contributed by atoms with Crippen LogP contribution in [0.2, 0.25) is 0 Å². The summed E-state index contributed by atoms with van der Waals surface area (Å²) in [6.07, 6.45) is 2.48. The monoisotopic (exact) mass is 307 g/mol. The summed E-state index contributed by atoms with van der Waals surface area (Å²) in [5.74, 6) is -0.588. The van der Waals surface area contributed by atoms with Gasteiger partial charge in [0.25, 0.3) is 0 Å². The van der Waals surface area contributed by atoms with Gasteiger partial charge in [-0.15, -0.1) is 0 Å². The third-order valence-electron chi connectivity index (χ3n) is 3.03. The average molecular weight is 308 g/mol. The fourth-order valence-corrected chi connectivity index (χ4v) is 2.63. The van der Waals surface area contributed by atoms with Gasteiger partial charge in [-0.3, -0.25) is 0 Å². The molecule has 0 atom stereocenters. The number of halogens is 1. The van der Waals surface area contributed by atoms with Crippen molar-refractivity contribution in [1.82, 2.24) is 5.16 Å². The highest BCUT2D eigenvalue weighted by Crippen LogP contribution is 2.44. The molecule has 0 aliphatic heterocycles. The first kappa shape index (κ1) is 11.5. The number of hydrogen-bond donors (Lipinski definition) is 1. The zero-order valence-electron chi connectivity index (χ0n) is 9.39. The molecule has 1 saturated carbocycles. The van der Waals surface area contributed by atoms with E-state index < -0.39 is 5.97 Å². The first-order valence-electron chi connectivity index (χ1n) is 5.65. The van der Waals surface area contributed by atoms with Crippen molar-refractivity contribution in [2.24, 2.45) is 0 Å². The summed E-state index contributed by atoms with van der Waals surface area (Å²) in [5.41, 5.74) is 2.69. The molecule has 0 saturated heterocycles. The van der Waals surface area contributed by atoms with Gasteiger partial charge in [0.2, 0.25) is 5.76 Å². The Balaban J connectivity index is 1.95. The number of benzene rings is 1. The zero-order valence-corrected chi connectivity index (χ0v) is 11.0. The van der Waals surface area contributed by atoms with E-state index in [1.165, 1.54) is 24.5 Å². The Morgan fingerprint density at radius 3 is 2.72 bits per heavy atom. The van der Waals surface area contributed by atoms with Crippen LogP contribution in [0, 0.1) is 0 Å². The normalized spacial score (nSPS) is 14.7. The zero-order chi connectivity index (χ0) is 12.7. The maximum atomic E-state index is 10.7. The van der Waals surface area contributed by atoms with Crippen molar-refractivity contribution in [2.75, 3.05) is 0 Å².